The van der Waals surface area contributed by atoms with Gasteiger partial charge in [0.2, 0.25) is 0 Å². The van der Waals surface area contributed by atoms with E-state index >= 15 is 0 Å². The maximum Gasteiger partial charge on any atom is 0.309 e. The monoisotopic (exact) mass is 950 g/mol. The molecule has 5 atom stereocenters. The first-order valence-corrected chi connectivity index (χ1v) is 26.3. The van der Waals surface area contributed by atoms with Crippen LogP contribution < -0.4 is 0 Å². The minimum Gasteiger partial charge on any atom is -0.465 e. The van der Waals surface area contributed by atoms with Crippen LogP contribution in [0, 0.1) is 44.3 Å². The number of methoxy groups -OCH3 is 1. The molecule has 0 amide bonds. The van der Waals surface area contributed by atoms with Crippen LogP contribution in [-0.4, -0.2) is 66.4 Å². The molecule has 0 aliphatic heterocycles. The Morgan fingerprint density at radius 3 is 1.63 bits per heavy atom. The van der Waals surface area contributed by atoms with Crippen molar-refractivity contribution in [3.8, 4) is 0 Å². The van der Waals surface area contributed by atoms with Crippen molar-refractivity contribution in [1.82, 2.24) is 4.98 Å². The van der Waals surface area contributed by atoms with E-state index in [-0.39, 0.29) is 67.6 Å². The third-order valence-electron chi connectivity index (χ3n) is 17.4. The first-order chi connectivity index (χ1) is 30.7. The Kier molecular flexibility index (Phi) is 21.3. The summed E-state index contributed by atoms with van der Waals surface area (Å²) in [6.07, 6.45) is 8.57. The Balaban J connectivity index is 2.16. The van der Waals surface area contributed by atoms with Crippen LogP contribution in [0.5, 0.6) is 0 Å². The summed E-state index contributed by atoms with van der Waals surface area (Å²) < 4.78 is 31.9. The summed E-state index contributed by atoms with van der Waals surface area (Å²) in [7, 11) is 1.76. The lowest BCUT2D eigenvalue weighted by Crippen LogP contribution is -2.48. The van der Waals surface area contributed by atoms with Gasteiger partial charge in [0, 0.05) is 32.5 Å². The Hall–Kier alpha value is -2.32. The largest absolute Gasteiger partial charge is 0.465 e. The topological polar surface area (TPSA) is 76.1 Å². The maximum absolute atomic E-state index is 14.5. The molecule has 5 unspecified atom stereocenters. The van der Waals surface area contributed by atoms with Gasteiger partial charge in [0.15, 0.2) is 0 Å². The molecule has 68 heavy (non-hydrogen) atoms. The number of hydrogen-bond donors (Lipinski definition) is 0. The second-order valence-corrected chi connectivity index (χ2v) is 27.7. The second kappa shape index (κ2) is 23.5. The van der Waals surface area contributed by atoms with Crippen molar-refractivity contribution in [2.45, 2.75) is 245 Å². The van der Waals surface area contributed by atoms with Gasteiger partial charge in [0.25, 0.3) is 0 Å². The highest BCUT2D eigenvalue weighted by Crippen LogP contribution is 2.57. The van der Waals surface area contributed by atoms with E-state index in [0.717, 1.165) is 32.1 Å². The zero-order valence-corrected chi connectivity index (χ0v) is 48.8. The Morgan fingerprint density at radius 1 is 0.574 bits per heavy atom. The molecule has 0 aliphatic carbocycles. The summed E-state index contributed by atoms with van der Waals surface area (Å²) in [5.41, 5.74) is 0.348. The predicted molar refractivity (Wildman–Crippen MR) is 287 cm³/mol. The Morgan fingerprint density at radius 2 is 1.10 bits per heavy atom. The van der Waals surface area contributed by atoms with Crippen molar-refractivity contribution in [1.29, 1.82) is 0 Å². The number of carbonyl (C=O) groups is 1. The summed E-state index contributed by atoms with van der Waals surface area (Å²) in [5.74, 6) is 0.508. The fourth-order valence-electron chi connectivity index (χ4n) is 10.7. The standard InChI is InChI=1S/C61H107NO6/c1-44(41-56(13,14)60(21,22)67-40-35-57(15,16)64-25)68-61(23,24)55(11,12)33-39-66-58(17,18)34-38-65-51(63)49(42-52(4,5)6)53(7,8)43-54(9,10)50(48-29-27-26-28-30-48)46(3)59(19,20)45(2)47-31-36-62-37-32-47/h26-32,36-37,44-46,49-50H,33-35,38-43H2,1-25H3. The number of rotatable bonds is 29. The number of pyridine rings is 1. The van der Waals surface area contributed by atoms with Crippen molar-refractivity contribution in [2.75, 3.05) is 26.9 Å². The molecular weight excluding hydrogens is 843 g/mol. The van der Waals surface area contributed by atoms with E-state index in [4.69, 9.17) is 23.7 Å². The highest BCUT2D eigenvalue weighted by Gasteiger charge is 2.49. The van der Waals surface area contributed by atoms with E-state index in [2.05, 4.69) is 214 Å². The summed E-state index contributed by atoms with van der Waals surface area (Å²) in [5, 5.41) is 0. The molecule has 0 saturated carbocycles. The van der Waals surface area contributed by atoms with Crippen LogP contribution in [0.1, 0.15) is 228 Å². The van der Waals surface area contributed by atoms with Crippen molar-refractivity contribution in [2.24, 2.45) is 44.3 Å². The minimum atomic E-state index is -0.473. The van der Waals surface area contributed by atoms with E-state index in [0.29, 0.717) is 38.1 Å². The molecule has 2 rings (SSSR count). The van der Waals surface area contributed by atoms with Crippen LogP contribution in [0.3, 0.4) is 0 Å². The lowest BCUT2D eigenvalue weighted by atomic mass is 9.54. The first kappa shape index (κ1) is 61.8. The summed E-state index contributed by atoms with van der Waals surface area (Å²) in [6, 6.07) is 15.4. The molecule has 0 N–H and O–H groups in total. The van der Waals surface area contributed by atoms with Gasteiger partial charge in [-0.15, -0.1) is 0 Å². The summed E-state index contributed by atoms with van der Waals surface area (Å²) in [4.78, 5) is 18.8. The van der Waals surface area contributed by atoms with E-state index < -0.39 is 11.2 Å². The van der Waals surface area contributed by atoms with E-state index in [9.17, 15) is 4.79 Å². The predicted octanol–water partition coefficient (Wildman–Crippen LogP) is 16.5. The number of benzene rings is 1. The molecule has 0 saturated heterocycles. The third-order valence-corrected chi connectivity index (χ3v) is 17.4. The smallest absolute Gasteiger partial charge is 0.309 e. The van der Waals surface area contributed by atoms with Gasteiger partial charge in [-0.1, -0.05) is 134 Å². The van der Waals surface area contributed by atoms with Crippen LogP contribution in [0.25, 0.3) is 0 Å². The fraction of sp³-hybridized carbons (Fsp3) is 0.803. The molecule has 2 aromatic rings. The number of esters is 1. The van der Waals surface area contributed by atoms with Gasteiger partial charge in [-0.05, 0) is 168 Å². The zero-order valence-electron chi connectivity index (χ0n) is 48.8. The number of ether oxygens (including phenoxy) is 5. The highest BCUT2D eigenvalue weighted by molar-refractivity contribution is 5.73. The normalized spacial score (nSPS) is 16.5. The molecule has 0 radical (unpaired) electrons. The van der Waals surface area contributed by atoms with Gasteiger partial charge in [0.1, 0.15) is 0 Å². The SMILES string of the molecule is COC(C)(C)CCOC(C)(C)C(C)(C)CC(C)OC(C)(C)C(C)(C)CCOC(C)(C)CCOC(=O)C(CC(C)(C)C)C(C)(C)CC(C)(C)C(c1ccccc1)C(C)C(C)(C)C(C)c1ccncc1. The lowest BCUT2D eigenvalue weighted by molar-refractivity contribution is -0.170. The van der Waals surface area contributed by atoms with Gasteiger partial charge in [-0.2, -0.15) is 0 Å². The third kappa shape index (κ3) is 17.8. The van der Waals surface area contributed by atoms with Gasteiger partial charge in [-0.25, -0.2) is 0 Å². The number of aromatic nitrogens is 1. The highest BCUT2D eigenvalue weighted by atomic mass is 16.5. The number of hydrogen-bond acceptors (Lipinski definition) is 7. The van der Waals surface area contributed by atoms with Gasteiger partial charge >= 0.3 is 5.97 Å². The van der Waals surface area contributed by atoms with Gasteiger partial charge in [-0.3, -0.25) is 9.78 Å². The maximum atomic E-state index is 14.5. The summed E-state index contributed by atoms with van der Waals surface area (Å²) >= 11 is 0. The first-order valence-electron chi connectivity index (χ1n) is 26.3. The molecule has 7 heteroatoms. The molecule has 0 bridgehead atoms. The fourth-order valence-corrected chi connectivity index (χ4v) is 10.7. The van der Waals surface area contributed by atoms with Gasteiger partial charge in [0.05, 0.1) is 47.6 Å². The van der Waals surface area contributed by atoms with E-state index in [1.807, 2.05) is 12.4 Å². The van der Waals surface area contributed by atoms with Crippen LogP contribution in [0.15, 0.2) is 54.9 Å². The Bertz CT molecular complexity index is 1800. The van der Waals surface area contributed by atoms with Gasteiger partial charge < -0.3 is 23.7 Å². The van der Waals surface area contributed by atoms with Crippen LogP contribution in [0.4, 0.5) is 0 Å². The average molecular weight is 951 g/mol. The van der Waals surface area contributed by atoms with Crippen molar-refractivity contribution in [3.05, 3.63) is 66.0 Å². The lowest BCUT2D eigenvalue weighted by Gasteiger charge is -2.51. The van der Waals surface area contributed by atoms with Crippen molar-refractivity contribution >= 4 is 5.97 Å². The van der Waals surface area contributed by atoms with E-state index in [1.165, 1.54) is 11.1 Å². The van der Waals surface area contributed by atoms with Crippen LogP contribution in [-0.2, 0) is 28.5 Å². The number of nitrogens with zero attached hydrogens (tertiary/aromatic N) is 1. The molecule has 0 aliphatic rings. The molecule has 392 valence electrons. The molecule has 0 spiro atoms. The summed E-state index contributed by atoms with van der Waals surface area (Å²) in [6.45, 7) is 55.9. The molecule has 1 heterocycles. The quantitative estimate of drug-likeness (QED) is 0.0752. The zero-order chi connectivity index (χ0) is 52.6. The van der Waals surface area contributed by atoms with Crippen molar-refractivity contribution < 1.29 is 28.5 Å². The molecule has 1 aromatic heterocycles. The van der Waals surface area contributed by atoms with Crippen molar-refractivity contribution in [3.63, 3.8) is 0 Å². The Labute approximate surface area is 420 Å². The molecule has 7 nitrogen and oxygen atoms in total. The molecular formula is C61H107NO6. The minimum absolute atomic E-state index is 0.0237. The average Bonchev–Trinajstić information content (AvgIpc) is 3.18. The second-order valence-electron chi connectivity index (χ2n) is 27.7. The molecule has 1 aromatic carbocycles. The van der Waals surface area contributed by atoms with E-state index in [1.54, 1.807) is 7.11 Å². The van der Waals surface area contributed by atoms with Crippen LogP contribution >= 0.6 is 0 Å². The number of carbonyl (C=O) groups excluding carboxylic acids is 1. The van der Waals surface area contributed by atoms with Crippen LogP contribution in [0.2, 0.25) is 0 Å². The molecule has 0 fully saturated rings.